The highest BCUT2D eigenvalue weighted by Crippen LogP contribution is 2.31. The summed E-state index contributed by atoms with van der Waals surface area (Å²) in [6.07, 6.45) is -1.15. The lowest BCUT2D eigenvalue weighted by Crippen LogP contribution is -2.53. The zero-order valence-corrected chi connectivity index (χ0v) is 9.54. The number of para-hydroxylation sites is 2. The van der Waals surface area contributed by atoms with Gasteiger partial charge in [-0.3, -0.25) is 0 Å². The van der Waals surface area contributed by atoms with Crippen molar-refractivity contribution in [3.8, 4) is 0 Å². The van der Waals surface area contributed by atoms with E-state index in [1.165, 1.54) is 0 Å². The topological polar surface area (TPSA) is 40.1 Å². The molecule has 0 bridgehead atoms. The summed E-state index contributed by atoms with van der Waals surface area (Å²) < 4.78 is -0.359. The molecule has 1 amide bonds. The summed E-state index contributed by atoms with van der Waals surface area (Å²) in [4.78, 5) is 11.5. The van der Waals surface area contributed by atoms with Gasteiger partial charge in [-0.25, -0.2) is 4.48 Å². The van der Waals surface area contributed by atoms with E-state index in [1.54, 1.807) is 31.3 Å². The number of hydrogen-bond donors (Lipinski definition) is 0. The molecule has 0 N–H and O–H groups in total. The van der Waals surface area contributed by atoms with Crippen LogP contribution in [-0.4, -0.2) is 13.1 Å². The van der Waals surface area contributed by atoms with Crippen LogP contribution in [0.2, 0.25) is 0 Å². The Labute approximate surface area is 100 Å². The molecule has 0 spiro atoms. The number of carbonyl (C=O) groups is 1. The van der Waals surface area contributed by atoms with Gasteiger partial charge >= 0.3 is 0 Å². The van der Waals surface area contributed by atoms with Crippen LogP contribution in [0.1, 0.15) is 0 Å². The number of quaternary nitrogens is 1. The third-order valence-corrected chi connectivity index (χ3v) is 2.91. The van der Waals surface area contributed by atoms with Gasteiger partial charge in [-0.2, -0.15) is 0 Å². The first-order valence-corrected chi connectivity index (χ1v) is 5.35. The Morgan fingerprint density at radius 2 is 1.24 bits per heavy atom. The molecule has 17 heavy (non-hydrogen) atoms. The van der Waals surface area contributed by atoms with Crippen LogP contribution in [0.25, 0.3) is 0 Å². The highest BCUT2D eigenvalue weighted by molar-refractivity contribution is 5.86. The van der Waals surface area contributed by atoms with Gasteiger partial charge in [0.25, 0.3) is 6.09 Å². The van der Waals surface area contributed by atoms with Crippen molar-refractivity contribution >= 4 is 17.5 Å². The summed E-state index contributed by atoms with van der Waals surface area (Å²) in [5.74, 6) is 0. The van der Waals surface area contributed by atoms with Crippen molar-refractivity contribution < 1.29 is 9.90 Å². The minimum absolute atomic E-state index is 0.359. The van der Waals surface area contributed by atoms with Crippen LogP contribution in [0.15, 0.2) is 60.7 Å². The molecule has 0 unspecified atom stereocenters. The molecular weight excluding hydrogens is 214 g/mol. The van der Waals surface area contributed by atoms with E-state index in [0.717, 1.165) is 0 Å². The second-order valence-corrected chi connectivity index (χ2v) is 3.94. The van der Waals surface area contributed by atoms with E-state index in [2.05, 4.69) is 0 Å². The van der Waals surface area contributed by atoms with Crippen LogP contribution in [-0.2, 0) is 0 Å². The molecule has 0 aliphatic carbocycles. The maximum Gasteiger partial charge on any atom is 0.267 e. The first-order chi connectivity index (χ1) is 8.15. The zero-order chi connectivity index (χ0) is 12.3. The van der Waals surface area contributed by atoms with Crippen molar-refractivity contribution in [2.45, 2.75) is 0 Å². The van der Waals surface area contributed by atoms with Gasteiger partial charge in [0.05, 0.1) is 7.05 Å². The van der Waals surface area contributed by atoms with Crippen LogP contribution >= 0.6 is 0 Å². The Balaban J connectivity index is 2.59. The molecule has 0 heterocycles. The average Bonchev–Trinajstić information content (AvgIpc) is 2.39. The van der Waals surface area contributed by atoms with E-state index in [0.29, 0.717) is 11.4 Å². The maximum absolute atomic E-state index is 11.5. The molecule has 3 heteroatoms. The molecular formula is C14H13NO2. The van der Waals surface area contributed by atoms with Crippen molar-refractivity contribution in [1.29, 1.82) is 0 Å². The van der Waals surface area contributed by atoms with Gasteiger partial charge in [0.1, 0.15) is 11.4 Å². The Morgan fingerprint density at radius 1 is 0.882 bits per heavy atom. The van der Waals surface area contributed by atoms with Gasteiger partial charge in [-0.1, -0.05) is 36.4 Å². The van der Waals surface area contributed by atoms with Gasteiger partial charge in [0, 0.05) is 0 Å². The van der Waals surface area contributed by atoms with Crippen molar-refractivity contribution in [3.63, 3.8) is 0 Å². The van der Waals surface area contributed by atoms with E-state index in [4.69, 9.17) is 0 Å². The van der Waals surface area contributed by atoms with E-state index in [9.17, 15) is 9.90 Å². The number of carboxylic acid groups (broad SMARTS) is 1. The lowest BCUT2D eigenvalue weighted by atomic mass is 10.2. The second-order valence-electron chi connectivity index (χ2n) is 3.94. The molecule has 3 nitrogen and oxygen atoms in total. The van der Waals surface area contributed by atoms with Crippen molar-refractivity contribution in [1.82, 2.24) is 4.48 Å². The monoisotopic (exact) mass is 227 g/mol. The van der Waals surface area contributed by atoms with E-state index >= 15 is 0 Å². The average molecular weight is 227 g/mol. The molecule has 0 aliphatic heterocycles. The lowest BCUT2D eigenvalue weighted by Gasteiger charge is -2.32. The largest absolute Gasteiger partial charge is 0.498 e. The fourth-order valence-corrected chi connectivity index (χ4v) is 1.81. The number of benzene rings is 2. The van der Waals surface area contributed by atoms with Crippen LogP contribution < -0.4 is 9.59 Å². The van der Waals surface area contributed by atoms with Gasteiger partial charge in [-0.15, -0.1) is 0 Å². The van der Waals surface area contributed by atoms with Gasteiger partial charge in [0.2, 0.25) is 0 Å². The minimum Gasteiger partial charge on any atom is -0.498 e. The molecule has 0 saturated heterocycles. The smallest absolute Gasteiger partial charge is 0.267 e. The Morgan fingerprint density at radius 3 is 1.53 bits per heavy atom. The Hall–Kier alpha value is -2.13. The first kappa shape index (κ1) is 11.4. The second kappa shape index (κ2) is 4.39. The van der Waals surface area contributed by atoms with Crippen LogP contribution in [0.5, 0.6) is 0 Å². The summed E-state index contributed by atoms with van der Waals surface area (Å²) in [5, 5.41) is 11.5. The molecule has 86 valence electrons. The summed E-state index contributed by atoms with van der Waals surface area (Å²) in [5.41, 5.74) is 1.33. The first-order valence-electron chi connectivity index (χ1n) is 5.35. The molecule has 0 saturated carbocycles. The lowest BCUT2D eigenvalue weighted by molar-refractivity contribution is -0.259. The molecule has 0 aliphatic rings. The number of amides is 1. The number of hydrogen-bond acceptors (Lipinski definition) is 2. The number of rotatable bonds is 2. The quantitative estimate of drug-likeness (QED) is 0.738. The predicted molar refractivity (Wildman–Crippen MR) is 65.7 cm³/mol. The molecule has 0 fully saturated rings. The number of carbonyl (C=O) groups excluding carboxylic acids is 1. The predicted octanol–water partition coefficient (Wildman–Crippen LogP) is 2.30. The minimum atomic E-state index is -1.15. The Bertz CT molecular complexity index is 469. The maximum atomic E-state index is 11.5. The fraction of sp³-hybridized carbons (Fsp3) is 0.0714. The highest BCUT2D eigenvalue weighted by atomic mass is 16.4. The number of nitrogens with zero attached hydrogens (tertiary/aromatic N) is 1. The molecule has 0 aromatic heterocycles. The molecule has 0 atom stereocenters. The summed E-state index contributed by atoms with van der Waals surface area (Å²) >= 11 is 0. The van der Waals surface area contributed by atoms with Gasteiger partial charge in [0.15, 0.2) is 0 Å². The van der Waals surface area contributed by atoms with Crippen LogP contribution in [0.4, 0.5) is 16.2 Å². The van der Waals surface area contributed by atoms with Gasteiger partial charge < -0.3 is 9.90 Å². The van der Waals surface area contributed by atoms with Crippen molar-refractivity contribution in [2.75, 3.05) is 7.05 Å². The summed E-state index contributed by atoms with van der Waals surface area (Å²) in [7, 11) is 1.61. The Kier molecular flexibility index (Phi) is 2.93. The SMILES string of the molecule is C[N+](C(=O)[O-])(c1ccccc1)c1ccccc1. The van der Waals surface area contributed by atoms with Crippen LogP contribution in [0, 0.1) is 0 Å². The molecule has 2 aromatic carbocycles. The van der Waals surface area contributed by atoms with Crippen molar-refractivity contribution in [3.05, 3.63) is 60.7 Å². The summed E-state index contributed by atoms with van der Waals surface area (Å²) in [6, 6.07) is 18.1. The van der Waals surface area contributed by atoms with E-state index < -0.39 is 6.09 Å². The fourth-order valence-electron chi connectivity index (χ4n) is 1.81. The van der Waals surface area contributed by atoms with E-state index in [1.807, 2.05) is 36.4 Å². The normalized spacial score (nSPS) is 11.1. The standard InChI is InChI=1S/C14H13NO2/c1-15(14(16)17,12-8-4-2-5-9-12)13-10-6-3-7-11-13/h2-11H,1H3. The van der Waals surface area contributed by atoms with E-state index in [-0.39, 0.29) is 4.48 Å². The van der Waals surface area contributed by atoms with Gasteiger partial charge in [-0.05, 0) is 24.3 Å². The molecule has 2 aromatic rings. The molecule has 2 rings (SSSR count). The third kappa shape index (κ3) is 1.92. The zero-order valence-electron chi connectivity index (χ0n) is 9.54. The third-order valence-electron chi connectivity index (χ3n) is 2.91. The molecule has 0 radical (unpaired) electrons. The van der Waals surface area contributed by atoms with Crippen molar-refractivity contribution in [2.24, 2.45) is 0 Å². The summed E-state index contributed by atoms with van der Waals surface area (Å²) in [6.45, 7) is 0. The van der Waals surface area contributed by atoms with Crippen LogP contribution in [0.3, 0.4) is 0 Å². The highest BCUT2D eigenvalue weighted by Gasteiger charge is 2.30.